The number of aliphatic hydroxyl groups is 1. The van der Waals surface area contributed by atoms with Gasteiger partial charge in [-0.15, -0.1) is 0 Å². The van der Waals surface area contributed by atoms with Gasteiger partial charge < -0.3 is 38.6 Å². The number of carbonyl (C=O) groups is 1. The molecule has 9 nitrogen and oxygen atoms in total. The summed E-state index contributed by atoms with van der Waals surface area (Å²) >= 11 is 0. The van der Waals surface area contributed by atoms with Crippen molar-refractivity contribution in [1.82, 2.24) is 0 Å². The summed E-state index contributed by atoms with van der Waals surface area (Å²) < 4.78 is 32.6. The van der Waals surface area contributed by atoms with Crippen LogP contribution in [0.5, 0.6) is 34.5 Å². The van der Waals surface area contributed by atoms with Crippen LogP contribution in [0.4, 0.5) is 0 Å². The Bertz CT molecular complexity index is 958. The average molecular weight is 432 g/mol. The van der Waals surface area contributed by atoms with Crippen molar-refractivity contribution in [2.45, 2.75) is 12.2 Å². The topological polar surface area (TPSA) is 113 Å². The highest BCUT2D eigenvalue weighted by molar-refractivity contribution is 5.87. The molecule has 0 spiro atoms. The third-order valence-electron chi connectivity index (χ3n) is 4.75. The second-order valence-corrected chi connectivity index (χ2v) is 6.56. The van der Waals surface area contributed by atoms with Gasteiger partial charge in [-0.1, -0.05) is 0 Å². The van der Waals surface area contributed by atoms with Gasteiger partial charge in [-0.05, 0) is 35.9 Å². The maximum absolute atomic E-state index is 11.4. The van der Waals surface area contributed by atoms with E-state index in [2.05, 4.69) is 4.74 Å². The number of hydrogen-bond donors (Lipinski definition) is 2. The summed E-state index contributed by atoms with van der Waals surface area (Å²) in [6.07, 6.45) is 1.31. The molecule has 9 heteroatoms. The highest BCUT2D eigenvalue weighted by Crippen LogP contribution is 2.48. The molecular formula is C22H24O9. The van der Waals surface area contributed by atoms with Crippen molar-refractivity contribution in [1.29, 1.82) is 0 Å². The Hall–Kier alpha value is -3.59. The zero-order valence-electron chi connectivity index (χ0n) is 17.6. The normalized spacial score (nSPS) is 17.3. The first kappa shape index (κ1) is 22.1. The molecule has 0 amide bonds. The fourth-order valence-electron chi connectivity index (χ4n) is 3.20. The van der Waals surface area contributed by atoms with Crippen LogP contribution in [0.2, 0.25) is 0 Å². The SMILES string of the molecule is COC(=O)/C=C/c1cc(OC)c2c(c1)O[C@@H](c1cc(OC)c(O)c(OC)c1)[C@H](CO)O2. The molecule has 0 saturated carbocycles. The van der Waals surface area contributed by atoms with Crippen LogP contribution < -0.4 is 23.7 Å². The van der Waals surface area contributed by atoms with Gasteiger partial charge in [-0.2, -0.15) is 0 Å². The molecule has 2 atom stereocenters. The highest BCUT2D eigenvalue weighted by Gasteiger charge is 2.35. The molecule has 2 aromatic carbocycles. The highest BCUT2D eigenvalue weighted by atomic mass is 16.6. The van der Waals surface area contributed by atoms with E-state index < -0.39 is 18.2 Å². The van der Waals surface area contributed by atoms with Gasteiger partial charge in [0.2, 0.25) is 11.5 Å². The number of aromatic hydroxyl groups is 1. The van der Waals surface area contributed by atoms with Crippen molar-refractivity contribution in [2.24, 2.45) is 0 Å². The van der Waals surface area contributed by atoms with E-state index in [0.717, 1.165) is 0 Å². The molecule has 3 rings (SSSR count). The van der Waals surface area contributed by atoms with Crippen molar-refractivity contribution >= 4 is 12.0 Å². The fraction of sp³-hybridized carbons (Fsp3) is 0.318. The number of phenolic OH excluding ortho intramolecular Hbond substituents is 1. The quantitative estimate of drug-likeness (QED) is 0.503. The van der Waals surface area contributed by atoms with E-state index in [9.17, 15) is 15.0 Å². The molecule has 2 aromatic rings. The van der Waals surface area contributed by atoms with Crippen LogP contribution in [0.25, 0.3) is 6.08 Å². The predicted octanol–water partition coefficient (Wildman–Crippen LogP) is 2.48. The summed E-state index contributed by atoms with van der Waals surface area (Å²) in [4.78, 5) is 11.4. The Labute approximate surface area is 179 Å². The summed E-state index contributed by atoms with van der Waals surface area (Å²) in [7, 11) is 5.60. The second-order valence-electron chi connectivity index (χ2n) is 6.56. The lowest BCUT2D eigenvalue weighted by atomic mass is 10.0. The first-order chi connectivity index (χ1) is 14.9. The van der Waals surface area contributed by atoms with Crippen molar-refractivity contribution in [3.8, 4) is 34.5 Å². The molecule has 0 aliphatic carbocycles. The fourth-order valence-corrected chi connectivity index (χ4v) is 3.20. The number of aliphatic hydroxyl groups excluding tert-OH is 1. The van der Waals surface area contributed by atoms with Crippen LogP contribution in [0.15, 0.2) is 30.3 Å². The number of hydrogen-bond acceptors (Lipinski definition) is 9. The molecule has 0 aromatic heterocycles. The lowest BCUT2D eigenvalue weighted by molar-refractivity contribution is -0.134. The standard InChI is InChI=1S/C22H24O9/c1-26-14-9-13(10-15(27-2)20(14)25)21-18(11-23)31-22-16(28-3)7-12(8-17(22)30-21)5-6-19(24)29-4/h5-10,18,21,23,25H,11H2,1-4H3/b6-5+/t18-,21-/m0/s1. The lowest BCUT2D eigenvalue weighted by Crippen LogP contribution is -2.36. The largest absolute Gasteiger partial charge is 0.502 e. The van der Waals surface area contributed by atoms with Crippen molar-refractivity contribution in [2.75, 3.05) is 35.0 Å². The van der Waals surface area contributed by atoms with Crippen LogP contribution in [-0.4, -0.2) is 57.3 Å². The van der Waals surface area contributed by atoms with Gasteiger partial charge in [0.1, 0.15) is 0 Å². The Morgan fingerprint density at radius 3 is 2.19 bits per heavy atom. The third kappa shape index (κ3) is 4.46. The molecule has 0 fully saturated rings. The van der Waals surface area contributed by atoms with Gasteiger partial charge in [0.25, 0.3) is 0 Å². The molecule has 1 heterocycles. The minimum atomic E-state index is -0.767. The first-order valence-electron chi connectivity index (χ1n) is 9.32. The summed E-state index contributed by atoms with van der Waals surface area (Å²) in [6, 6.07) is 6.51. The number of rotatable bonds is 7. The lowest BCUT2D eigenvalue weighted by Gasteiger charge is -2.34. The molecule has 0 unspecified atom stereocenters. The van der Waals surface area contributed by atoms with Crippen LogP contribution in [0.1, 0.15) is 17.2 Å². The van der Waals surface area contributed by atoms with Crippen LogP contribution in [-0.2, 0) is 9.53 Å². The molecular weight excluding hydrogens is 408 g/mol. The second kappa shape index (κ2) is 9.48. The van der Waals surface area contributed by atoms with E-state index in [-0.39, 0.29) is 23.9 Å². The van der Waals surface area contributed by atoms with Gasteiger partial charge in [0, 0.05) is 11.6 Å². The number of phenols is 1. The number of ether oxygens (including phenoxy) is 6. The first-order valence-corrected chi connectivity index (χ1v) is 9.32. The van der Waals surface area contributed by atoms with Gasteiger partial charge >= 0.3 is 5.97 Å². The number of fused-ring (bicyclic) bond motifs is 1. The molecule has 1 aliphatic heterocycles. The Morgan fingerprint density at radius 1 is 1.00 bits per heavy atom. The molecule has 0 radical (unpaired) electrons. The van der Waals surface area contributed by atoms with Crippen molar-refractivity contribution in [3.63, 3.8) is 0 Å². The van der Waals surface area contributed by atoms with Crippen LogP contribution >= 0.6 is 0 Å². The zero-order valence-corrected chi connectivity index (χ0v) is 17.6. The van der Waals surface area contributed by atoms with E-state index >= 15 is 0 Å². The minimum absolute atomic E-state index is 0.150. The van der Waals surface area contributed by atoms with Gasteiger partial charge in [0.15, 0.2) is 35.2 Å². The average Bonchev–Trinajstić information content (AvgIpc) is 2.81. The van der Waals surface area contributed by atoms with E-state index in [1.165, 1.54) is 34.5 Å². The smallest absolute Gasteiger partial charge is 0.330 e. The van der Waals surface area contributed by atoms with E-state index in [1.54, 1.807) is 30.3 Å². The number of carbonyl (C=O) groups excluding carboxylic acids is 1. The third-order valence-corrected chi connectivity index (χ3v) is 4.75. The molecule has 0 saturated heterocycles. The van der Waals surface area contributed by atoms with Crippen LogP contribution in [0.3, 0.4) is 0 Å². The minimum Gasteiger partial charge on any atom is -0.502 e. The summed E-state index contributed by atoms with van der Waals surface area (Å²) in [6.45, 7) is -0.344. The zero-order chi connectivity index (χ0) is 22.5. The predicted molar refractivity (Wildman–Crippen MR) is 110 cm³/mol. The molecule has 0 bridgehead atoms. The summed E-state index contributed by atoms with van der Waals surface area (Å²) in [5.41, 5.74) is 1.18. The maximum atomic E-state index is 11.4. The van der Waals surface area contributed by atoms with Crippen molar-refractivity contribution in [3.05, 3.63) is 41.5 Å². The van der Waals surface area contributed by atoms with E-state index in [0.29, 0.717) is 28.4 Å². The molecule has 31 heavy (non-hydrogen) atoms. The summed E-state index contributed by atoms with van der Waals surface area (Å²) in [5, 5.41) is 20.1. The Morgan fingerprint density at radius 2 is 1.65 bits per heavy atom. The molecule has 166 valence electrons. The monoisotopic (exact) mass is 432 g/mol. The number of esters is 1. The van der Waals surface area contributed by atoms with E-state index in [4.69, 9.17) is 23.7 Å². The van der Waals surface area contributed by atoms with Gasteiger partial charge in [0.05, 0.1) is 35.0 Å². The van der Waals surface area contributed by atoms with Gasteiger partial charge in [-0.3, -0.25) is 0 Å². The van der Waals surface area contributed by atoms with Gasteiger partial charge in [-0.25, -0.2) is 4.79 Å². The Balaban J connectivity index is 2.05. The molecule has 2 N–H and O–H groups in total. The Kier molecular flexibility index (Phi) is 6.76. The summed E-state index contributed by atoms with van der Waals surface area (Å²) in [5.74, 6) is 0.773. The maximum Gasteiger partial charge on any atom is 0.330 e. The van der Waals surface area contributed by atoms with Crippen molar-refractivity contribution < 1.29 is 43.4 Å². The number of methoxy groups -OCH3 is 4. The van der Waals surface area contributed by atoms with Crippen LogP contribution in [0, 0.1) is 0 Å². The van der Waals surface area contributed by atoms with E-state index in [1.807, 2.05) is 0 Å². The number of benzene rings is 2. The molecule has 1 aliphatic rings.